The molecule has 222 valence electrons. The topological polar surface area (TPSA) is 117 Å². The molecule has 3 amide bonds. The lowest BCUT2D eigenvalue weighted by molar-refractivity contribution is -0.146. The third-order valence-electron chi connectivity index (χ3n) is 7.07. The fourth-order valence-electron chi connectivity index (χ4n) is 5.03. The van der Waals surface area contributed by atoms with Crippen LogP contribution in [0.1, 0.15) is 73.5 Å². The largest absolute Gasteiger partial charge is 0.480 e. The van der Waals surface area contributed by atoms with Crippen molar-refractivity contribution in [2.24, 2.45) is 0 Å². The van der Waals surface area contributed by atoms with Gasteiger partial charge in [0, 0.05) is 5.69 Å². The lowest BCUT2D eigenvalue weighted by Gasteiger charge is -2.29. The van der Waals surface area contributed by atoms with E-state index in [9.17, 15) is 23.9 Å². The van der Waals surface area contributed by atoms with E-state index in [1.807, 2.05) is 13.8 Å². The Hall–Kier alpha value is -4.24. The summed E-state index contributed by atoms with van der Waals surface area (Å²) in [4.78, 5) is 38.8. The number of ether oxygens (including phenoxy) is 1. The maximum Gasteiger partial charge on any atom is 0.328 e. The van der Waals surface area contributed by atoms with Crippen LogP contribution in [-0.4, -0.2) is 40.8 Å². The predicted molar refractivity (Wildman–Crippen MR) is 162 cm³/mol. The summed E-state index contributed by atoms with van der Waals surface area (Å²) in [6, 6.07) is 12.8. The average molecular weight is 576 g/mol. The van der Waals surface area contributed by atoms with Crippen LogP contribution in [0, 0.1) is 19.7 Å². The molecule has 0 heterocycles. The number of carboxylic acid groups (broad SMARTS) is 1. The molecule has 9 heteroatoms. The fraction of sp³-hybridized carbons (Fsp3) is 0.364. The van der Waals surface area contributed by atoms with Gasteiger partial charge in [0.2, 0.25) is 0 Å². The van der Waals surface area contributed by atoms with Gasteiger partial charge in [0.1, 0.15) is 5.82 Å². The van der Waals surface area contributed by atoms with E-state index in [4.69, 9.17) is 4.74 Å². The summed E-state index contributed by atoms with van der Waals surface area (Å²) in [6.45, 7) is 10.8. The number of halogens is 1. The molecule has 1 unspecified atom stereocenters. The van der Waals surface area contributed by atoms with E-state index in [1.54, 1.807) is 52.0 Å². The van der Waals surface area contributed by atoms with Crippen molar-refractivity contribution in [2.45, 2.75) is 78.0 Å². The molecule has 0 aromatic heterocycles. The van der Waals surface area contributed by atoms with Crippen molar-refractivity contribution in [3.63, 3.8) is 0 Å². The maximum absolute atomic E-state index is 14.0. The third-order valence-corrected chi connectivity index (χ3v) is 7.07. The number of carbonyl (C=O) groups is 3. The van der Waals surface area contributed by atoms with Gasteiger partial charge in [0.15, 0.2) is 6.04 Å². The number of urea groups is 1. The zero-order chi connectivity index (χ0) is 30.8. The van der Waals surface area contributed by atoms with Crippen molar-refractivity contribution < 1.29 is 28.6 Å². The van der Waals surface area contributed by atoms with Crippen molar-refractivity contribution >= 4 is 29.3 Å². The first-order valence-corrected chi connectivity index (χ1v) is 14.0. The second-order valence-electron chi connectivity index (χ2n) is 11.9. The lowest BCUT2D eigenvalue weighted by Crippen LogP contribution is -2.50. The molecule has 4 rings (SSSR count). The molecule has 2 atom stereocenters. The van der Waals surface area contributed by atoms with Gasteiger partial charge in [-0.05, 0) is 112 Å². The van der Waals surface area contributed by atoms with E-state index < -0.39 is 41.5 Å². The number of anilines is 2. The number of carboxylic acids is 1. The highest BCUT2D eigenvalue weighted by Gasteiger charge is 2.31. The normalized spacial score (nSPS) is 14.5. The zero-order valence-electron chi connectivity index (χ0n) is 24.8. The van der Waals surface area contributed by atoms with Crippen LogP contribution in [0.2, 0.25) is 0 Å². The Bertz CT molecular complexity index is 1490. The number of rotatable bonds is 9. The number of hydrogen-bond donors (Lipinski definition) is 4. The molecular formula is C33H38FN3O5. The van der Waals surface area contributed by atoms with Crippen LogP contribution in [0.5, 0.6) is 0 Å². The van der Waals surface area contributed by atoms with Crippen LogP contribution in [0.25, 0.3) is 11.1 Å². The number of hydrogen-bond acceptors (Lipinski definition) is 4. The number of benzene rings is 3. The molecule has 0 aliphatic heterocycles. The minimum atomic E-state index is -1.35. The molecule has 0 spiro atoms. The number of aliphatic carboxylic acids is 1. The van der Waals surface area contributed by atoms with E-state index in [1.165, 1.54) is 36.6 Å². The molecule has 3 aromatic rings. The van der Waals surface area contributed by atoms with E-state index >= 15 is 0 Å². The van der Waals surface area contributed by atoms with Gasteiger partial charge in [-0.25, -0.2) is 14.0 Å². The summed E-state index contributed by atoms with van der Waals surface area (Å²) < 4.78 is 19.8. The Balaban J connectivity index is 1.64. The molecule has 42 heavy (non-hydrogen) atoms. The van der Waals surface area contributed by atoms with Gasteiger partial charge in [-0.1, -0.05) is 30.3 Å². The van der Waals surface area contributed by atoms with E-state index in [-0.39, 0.29) is 11.3 Å². The predicted octanol–water partition coefficient (Wildman–Crippen LogP) is 7.02. The van der Waals surface area contributed by atoms with E-state index in [0.717, 1.165) is 11.1 Å². The summed E-state index contributed by atoms with van der Waals surface area (Å²) in [5.74, 6) is -1.83. The average Bonchev–Trinajstić information content (AvgIpc) is 3.73. The molecule has 0 radical (unpaired) electrons. The first-order chi connectivity index (χ1) is 19.7. The van der Waals surface area contributed by atoms with Crippen molar-refractivity contribution in [1.82, 2.24) is 5.32 Å². The van der Waals surface area contributed by atoms with Crippen molar-refractivity contribution in [1.29, 1.82) is 0 Å². The summed E-state index contributed by atoms with van der Waals surface area (Å²) in [7, 11) is 0. The molecule has 1 saturated carbocycles. The summed E-state index contributed by atoms with van der Waals surface area (Å²) in [5.41, 5.74) is 4.42. The molecule has 0 saturated heterocycles. The highest BCUT2D eigenvalue weighted by atomic mass is 19.1. The Morgan fingerprint density at radius 2 is 1.60 bits per heavy atom. The van der Waals surface area contributed by atoms with Crippen LogP contribution in [-0.2, 0) is 9.53 Å². The van der Waals surface area contributed by atoms with Crippen LogP contribution in [0.15, 0.2) is 54.6 Å². The lowest BCUT2D eigenvalue weighted by atomic mass is 10.0. The molecular weight excluding hydrogens is 537 g/mol. The summed E-state index contributed by atoms with van der Waals surface area (Å²) in [6.07, 6.45) is 1.49. The summed E-state index contributed by atoms with van der Waals surface area (Å²) >= 11 is 0. The molecule has 1 aliphatic carbocycles. The highest BCUT2D eigenvalue weighted by molar-refractivity contribution is 6.08. The van der Waals surface area contributed by atoms with Crippen LogP contribution < -0.4 is 16.0 Å². The Morgan fingerprint density at radius 1 is 0.952 bits per heavy atom. The molecule has 8 nitrogen and oxygen atoms in total. The van der Waals surface area contributed by atoms with Crippen LogP contribution in [0.4, 0.5) is 20.6 Å². The number of carbonyl (C=O) groups excluding carboxylic acids is 2. The van der Waals surface area contributed by atoms with Gasteiger partial charge >= 0.3 is 12.0 Å². The Kier molecular flexibility index (Phi) is 9.01. The molecule has 1 aliphatic rings. The standard InChI is InChI=1S/C33H38FN3O5/c1-18-14-24(21-10-11-21)15-19(2)28(18)37-32(41)35-27-17-23(22-8-7-9-25(34)16-22)12-13-26(27)30(38)36-29(31(39)40)20(3)42-33(4,5)6/h7-9,12-17,20-21,29H,10-11H2,1-6H3,(H,36,38)(H,39,40)(H2,35,37,41)/t20?,29-/m0/s1. The van der Waals surface area contributed by atoms with Crippen molar-refractivity contribution in [3.05, 3.63) is 82.7 Å². The number of nitrogens with one attached hydrogen (secondary N) is 3. The molecule has 0 bridgehead atoms. The minimum Gasteiger partial charge on any atom is -0.480 e. The van der Waals surface area contributed by atoms with Crippen LogP contribution in [0.3, 0.4) is 0 Å². The Morgan fingerprint density at radius 3 is 2.17 bits per heavy atom. The first-order valence-electron chi connectivity index (χ1n) is 14.0. The van der Waals surface area contributed by atoms with Gasteiger partial charge in [-0.15, -0.1) is 0 Å². The van der Waals surface area contributed by atoms with Gasteiger partial charge in [0.05, 0.1) is 23.0 Å². The molecule has 1 fully saturated rings. The van der Waals surface area contributed by atoms with E-state index in [2.05, 4.69) is 28.1 Å². The summed E-state index contributed by atoms with van der Waals surface area (Å²) in [5, 5.41) is 18.0. The van der Waals surface area contributed by atoms with Gasteiger partial charge < -0.3 is 25.8 Å². The SMILES string of the molecule is Cc1cc(C2CC2)cc(C)c1NC(=O)Nc1cc(-c2cccc(F)c2)ccc1C(=O)N[C@H](C(=O)O)C(C)OC(C)(C)C. The van der Waals surface area contributed by atoms with E-state index in [0.29, 0.717) is 22.7 Å². The maximum atomic E-state index is 14.0. The Labute approximate surface area is 245 Å². The monoisotopic (exact) mass is 575 g/mol. The first kappa shape index (κ1) is 30.7. The van der Waals surface area contributed by atoms with Gasteiger partial charge in [0.25, 0.3) is 5.91 Å². The molecule has 3 aromatic carbocycles. The fourth-order valence-corrected chi connectivity index (χ4v) is 5.03. The van der Waals surface area contributed by atoms with Gasteiger partial charge in [-0.2, -0.15) is 0 Å². The highest BCUT2D eigenvalue weighted by Crippen LogP contribution is 2.42. The molecule has 4 N–H and O–H groups in total. The van der Waals surface area contributed by atoms with Gasteiger partial charge in [-0.3, -0.25) is 4.79 Å². The smallest absolute Gasteiger partial charge is 0.328 e. The van der Waals surface area contributed by atoms with Crippen molar-refractivity contribution in [3.8, 4) is 11.1 Å². The zero-order valence-corrected chi connectivity index (χ0v) is 24.8. The second-order valence-corrected chi connectivity index (χ2v) is 11.9. The van der Waals surface area contributed by atoms with Crippen molar-refractivity contribution in [2.75, 3.05) is 10.6 Å². The van der Waals surface area contributed by atoms with Crippen LogP contribution >= 0.6 is 0 Å². The minimum absolute atomic E-state index is 0.0389. The third kappa shape index (κ3) is 7.73. The second kappa shape index (κ2) is 12.3. The quantitative estimate of drug-likeness (QED) is 0.219. The number of amides is 3. The number of aryl methyl sites for hydroxylation is 2.